The van der Waals surface area contributed by atoms with Gasteiger partial charge < -0.3 is 0 Å². The van der Waals surface area contributed by atoms with Gasteiger partial charge in [-0.1, -0.05) is 37.3 Å². The zero-order valence-electron chi connectivity index (χ0n) is 10.6. The molecule has 0 radical (unpaired) electrons. The fraction of sp³-hybridized carbons (Fsp3) is 0.400. The van der Waals surface area contributed by atoms with Crippen molar-refractivity contribution >= 4 is 22.9 Å². The fourth-order valence-electron chi connectivity index (χ4n) is 1.85. The first-order chi connectivity index (χ1) is 8.79. The van der Waals surface area contributed by atoms with Gasteiger partial charge in [-0.25, -0.2) is 4.98 Å². The van der Waals surface area contributed by atoms with Gasteiger partial charge in [-0.15, -0.1) is 22.9 Å². The van der Waals surface area contributed by atoms with Crippen LogP contribution < -0.4 is 0 Å². The van der Waals surface area contributed by atoms with Crippen LogP contribution in [0.4, 0.5) is 0 Å². The van der Waals surface area contributed by atoms with E-state index in [9.17, 15) is 0 Å². The third kappa shape index (κ3) is 3.82. The summed E-state index contributed by atoms with van der Waals surface area (Å²) in [6.07, 6.45) is 4.30. The molecule has 1 unspecified atom stereocenters. The molecule has 2 aromatic rings. The smallest absolute Gasteiger partial charge is 0.0932 e. The summed E-state index contributed by atoms with van der Waals surface area (Å²) in [7, 11) is 0. The number of rotatable bonds is 6. The highest BCUT2D eigenvalue weighted by atomic mass is 35.5. The summed E-state index contributed by atoms with van der Waals surface area (Å²) >= 11 is 7.87. The van der Waals surface area contributed by atoms with E-state index in [4.69, 9.17) is 11.6 Å². The zero-order chi connectivity index (χ0) is 12.8. The molecule has 0 bridgehead atoms. The average Bonchev–Trinajstić information content (AvgIpc) is 2.88. The Balaban J connectivity index is 1.91. The van der Waals surface area contributed by atoms with Crippen molar-refractivity contribution < 1.29 is 0 Å². The van der Waals surface area contributed by atoms with Crippen molar-refractivity contribution in [3.05, 3.63) is 40.7 Å². The number of benzene rings is 1. The fourth-order valence-corrected chi connectivity index (χ4v) is 2.85. The van der Waals surface area contributed by atoms with Crippen molar-refractivity contribution in [2.45, 2.75) is 38.0 Å². The SMILES string of the molecule is CCC(Cl)CCCc1nc(-c2ccccc2)cs1. The Labute approximate surface area is 118 Å². The van der Waals surface area contributed by atoms with Gasteiger partial charge in [0.1, 0.15) is 0 Å². The number of hydrogen-bond acceptors (Lipinski definition) is 2. The number of hydrogen-bond donors (Lipinski definition) is 0. The molecule has 0 saturated heterocycles. The van der Waals surface area contributed by atoms with E-state index in [1.807, 2.05) is 18.2 Å². The van der Waals surface area contributed by atoms with Gasteiger partial charge in [0, 0.05) is 16.3 Å². The van der Waals surface area contributed by atoms with Gasteiger partial charge in [-0.05, 0) is 25.7 Å². The van der Waals surface area contributed by atoms with Gasteiger partial charge in [-0.2, -0.15) is 0 Å². The summed E-state index contributed by atoms with van der Waals surface area (Å²) in [5.74, 6) is 0. The summed E-state index contributed by atoms with van der Waals surface area (Å²) in [6.45, 7) is 2.13. The van der Waals surface area contributed by atoms with E-state index in [0.717, 1.165) is 31.4 Å². The molecule has 1 nitrogen and oxygen atoms in total. The second-order valence-corrected chi connectivity index (χ2v) is 5.95. The topological polar surface area (TPSA) is 12.9 Å². The Morgan fingerprint density at radius 3 is 2.78 bits per heavy atom. The van der Waals surface area contributed by atoms with Crippen LogP contribution in [0.3, 0.4) is 0 Å². The molecular formula is C15H18ClNS. The van der Waals surface area contributed by atoms with Gasteiger partial charge in [0.2, 0.25) is 0 Å². The molecule has 1 heterocycles. The van der Waals surface area contributed by atoms with Crippen LogP contribution in [0.1, 0.15) is 31.2 Å². The molecule has 18 heavy (non-hydrogen) atoms. The lowest BCUT2D eigenvalue weighted by molar-refractivity contribution is 0.673. The van der Waals surface area contributed by atoms with Gasteiger partial charge in [0.25, 0.3) is 0 Å². The largest absolute Gasteiger partial charge is 0.241 e. The number of alkyl halides is 1. The predicted octanol–water partition coefficient (Wildman–Crippen LogP) is 5.15. The molecule has 1 aromatic carbocycles. The van der Waals surface area contributed by atoms with Crippen LogP contribution in [0.15, 0.2) is 35.7 Å². The van der Waals surface area contributed by atoms with E-state index >= 15 is 0 Å². The van der Waals surface area contributed by atoms with Crippen molar-refractivity contribution in [2.24, 2.45) is 0 Å². The van der Waals surface area contributed by atoms with Crippen molar-refractivity contribution in [3.63, 3.8) is 0 Å². The summed E-state index contributed by atoms with van der Waals surface area (Å²) in [6, 6.07) is 10.3. The Kier molecular flexibility index (Phi) is 5.21. The van der Waals surface area contributed by atoms with Crippen LogP contribution in [0.25, 0.3) is 11.3 Å². The average molecular weight is 280 g/mol. The Morgan fingerprint density at radius 2 is 2.06 bits per heavy atom. The molecule has 0 saturated carbocycles. The predicted molar refractivity (Wildman–Crippen MR) is 80.4 cm³/mol. The highest BCUT2D eigenvalue weighted by Crippen LogP contribution is 2.23. The third-order valence-corrected chi connectivity index (χ3v) is 4.41. The van der Waals surface area contributed by atoms with E-state index in [0.29, 0.717) is 5.38 Å². The summed E-state index contributed by atoms with van der Waals surface area (Å²) in [5.41, 5.74) is 2.29. The molecule has 0 N–H and O–H groups in total. The first-order valence-corrected chi connectivity index (χ1v) is 7.75. The number of thiazole rings is 1. The van der Waals surface area contributed by atoms with E-state index in [1.54, 1.807) is 11.3 Å². The molecule has 0 aliphatic heterocycles. The second-order valence-electron chi connectivity index (χ2n) is 4.39. The summed E-state index contributed by atoms with van der Waals surface area (Å²) in [5, 5.41) is 3.68. The van der Waals surface area contributed by atoms with Crippen LogP contribution in [-0.4, -0.2) is 10.4 Å². The molecule has 0 fully saturated rings. The van der Waals surface area contributed by atoms with Crippen LogP contribution >= 0.6 is 22.9 Å². The quantitative estimate of drug-likeness (QED) is 0.666. The van der Waals surface area contributed by atoms with Gasteiger partial charge >= 0.3 is 0 Å². The normalized spacial score (nSPS) is 12.6. The monoisotopic (exact) mass is 279 g/mol. The lowest BCUT2D eigenvalue weighted by Gasteiger charge is -2.03. The third-order valence-electron chi connectivity index (χ3n) is 2.97. The molecule has 96 valence electrons. The van der Waals surface area contributed by atoms with Crippen molar-refractivity contribution in [1.82, 2.24) is 4.98 Å². The minimum absolute atomic E-state index is 0.318. The molecule has 0 spiro atoms. The number of aryl methyl sites for hydroxylation is 1. The zero-order valence-corrected chi connectivity index (χ0v) is 12.2. The lowest BCUT2D eigenvalue weighted by Crippen LogP contribution is -1.96. The van der Waals surface area contributed by atoms with Gasteiger partial charge in [0.05, 0.1) is 10.7 Å². The van der Waals surface area contributed by atoms with Gasteiger partial charge in [0.15, 0.2) is 0 Å². The maximum absolute atomic E-state index is 6.12. The molecule has 0 aliphatic rings. The van der Waals surface area contributed by atoms with Crippen molar-refractivity contribution in [3.8, 4) is 11.3 Å². The minimum atomic E-state index is 0.318. The van der Waals surface area contributed by atoms with Crippen LogP contribution in [0.5, 0.6) is 0 Å². The van der Waals surface area contributed by atoms with E-state index in [2.05, 4.69) is 29.4 Å². The molecule has 0 amide bonds. The highest BCUT2D eigenvalue weighted by molar-refractivity contribution is 7.09. The number of nitrogens with zero attached hydrogens (tertiary/aromatic N) is 1. The highest BCUT2D eigenvalue weighted by Gasteiger charge is 2.06. The maximum atomic E-state index is 6.12. The van der Waals surface area contributed by atoms with E-state index in [1.165, 1.54) is 10.6 Å². The standard InChI is InChI=1S/C15H18ClNS/c1-2-13(16)9-6-10-15-17-14(11-18-15)12-7-4-3-5-8-12/h3-5,7-8,11,13H,2,6,9-10H2,1H3. The molecule has 0 aliphatic carbocycles. The molecule has 2 rings (SSSR count). The van der Waals surface area contributed by atoms with Crippen molar-refractivity contribution in [1.29, 1.82) is 0 Å². The molecule has 1 atom stereocenters. The van der Waals surface area contributed by atoms with Crippen LogP contribution in [0, 0.1) is 0 Å². The maximum Gasteiger partial charge on any atom is 0.0932 e. The van der Waals surface area contributed by atoms with Crippen molar-refractivity contribution in [2.75, 3.05) is 0 Å². The summed E-state index contributed by atoms with van der Waals surface area (Å²) in [4.78, 5) is 4.68. The molecular weight excluding hydrogens is 262 g/mol. The number of halogens is 1. The molecule has 3 heteroatoms. The Bertz CT molecular complexity index is 466. The van der Waals surface area contributed by atoms with Crippen LogP contribution in [0.2, 0.25) is 0 Å². The first kappa shape index (κ1) is 13.6. The summed E-state index contributed by atoms with van der Waals surface area (Å²) < 4.78 is 0. The number of aromatic nitrogens is 1. The van der Waals surface area contributed by atoms with Gasteiger partial charge in [-0.3, -0.25) is 0 Å². The minimum Gasteiger partial charge on any atom is -0.241 e. The first-order valence-electron chi connectivity index (χ1n) is 6.43. The Hall–Kier alpha value is -0.860. The molecule has 1 aromatic heterocycles. The lowest BCUT2D eigenvalue weighted by atomic mass is 10.1. The van der Waals surface area contributed by atoms with E-state index in [-0.39, 0.29) is 0 Å². The second kappa shape index (κ2) is 6.91. The van der Waals surface area contributed by atoms with E-state index < -0.39 is 0 Å². The Morgan fingerprint density at radius 1 is 1.28 bits per heavy atom. The van der Waals surface area contributed by atoms with Crippen LogP contribution in [-0.2, 0) is 6.42 Å².